The molecule has 0 aliphatic carbocycles. The Morgan fingerprint density at radius 3 is 2.50 bits per heavy atom. The quantitative estimate of drug-likeness (QED) is 0.835. The van der Waals surface area contributed by atoms with E-state index >= 15 is 0 Å². The SMILES string of the molecule is COc1cc(Br)c(CCC(C)=O)c(OC)c1. The van der Waals surface area contributed by atoms with Crippen molar-refractivity contribution in [1.29, 1.82) is 0 Å². The topological polar surface area (TPSA) is 35.5 Å². The Labute approximate surface area is 104 Å². The van der Waals surface area contributed by atoms with E-state index in [0.29, 0.717) is 12.8 Å². The highest BCUT2D eigenvalue weighted by molar-refractivity contribution is 9.10. The maximum Gasteiger partial charge on any atom is 0.130 e. The van der Waals surface area contributed by atoms with E-state index in [9.17, 15) is 4.79 Å². The predicted molar refractivity (Wildman–Crippen MR) is 66.2 cm³/mol. The third-order valence-corrected chi connectivity index (χ3v) is 3.02. The first-order valence-electron chi connectivity index (χ1n) is 4.98. The van der Waals surface area contributed by atoms with Crippen LogP contribution in [-0.4, -0.2) is 20.0 Å². The van der Waals surface area contributed by atoms with Crippen LogP contribution in [0, 0.1) is 0 Å². The van der Waals surface area contributed by atoms with Gasteiger partial charge in [0.2, 0.25) is 0 Å². The van der Waals surface area contributed by atoms with E-state index in [1.807, 2.05) is 12.1 Å². The summed E-state index contributed by atoms with van der Waals surface area (Å²) in [5.74, 6) is 1.65. The van der Waals surface area contributed by atoms with Gasteiger partial charge in [-0.3, -0.25) is 0 Å². The van der Waals surface area contributed by atoms with Gasteiger partial charge in [-0.15, -0.1) is 0 Å². The second kappa shape index (κ2) is 5.89. The van der Waals surface area contributed by atoms with E-state index < -0.39 is 0 Å². The molecule has 0 amide bonds. The van der Waals surface area contributed by atoms with Crippen LogP contribution >= 0.6 is 15.9 Å². The molecule has 0 heterocycles. The van der Waals surface area contributed by atoms with Crippen LogP contribution < -0.4 is 9.47 Å². The van der Waals surface area contributed by atoms with Crippen molar-refractivity contribution in [2.75, 3.05) is 14.2 Å². The predicted octanol–water partition coefficient (Wildman–Crippen LogP) is 2.99. The number of ether oxygens (including phenoxy) is 2. The van der Waals surface area contributed by atoms with Crippen molar-refractivity contribution in [3.8, 4) is 11.5 Å². The third kappa shape index (κ3) is 3.23. The molecule has 0 unspecified atom stereocenters. The molecule has 0 aliphatic rings. The van der Waals surface area contributed by atoms with Crippen molar-refractivity contribution >= 4 is 21.7 Å². The van der Waals surface area contributed by atoms with Crippen molar-refractivity contribution in [1.82, 2.24) is 0 Å². The van der Waals surface area contributed by atoms with Gasteiger partial charge in [-0.1, -0.05) is 15.9 Å². The number of Topliss-reactive ketones (excluding diaryl/α,β-unsaturated/α-hetero) is 1. The highest BCUT2D eigenvalue weighted by Gasteiger charge is 2.11. The average Bonchev–Trinajstić information content (AvgIpc) is 2.26. The van der Waals surface area contributed by atoms with E-state index in [4.69, 9.17) is 9.47 Å². The first kappa shape index (κ1) is 13.0. The molecule has 0 atom stereocenters. The maximum atomic E-state index is 11.0. The minimum atomic E-state index is 0.171. The van der Waals surface area contributed by atoms with Gasteiger partial charge in [0.15, 0.2) is 0 Å². The van der Waals surface area contributed by atoms with Crippen molar-refractivity contribution in [2.24, 2.45) is 0 Å². The van der Waals surface area contributed by atoms with Gasteiger partial charge >= 0.3 is 0 Å². The summed E-state index contributed by atoms with van der Waals surface area (Å²) in [6, 6.07) is 3.69. The standard InChI is InChI=1S/C12H15BrO3/c1-8(14)4-5-10-11(13)6-9(15-2)7-12(10)16-3/h6-7H,4-5H2,1-3H3. The lowest BCUT2D eigenvalue weighted by Gasteiger charge is -2.12. The van der Waals surface area contributed by atoms with E-state index in [2.05, 4.69) is 15.9 Å². The molecule has 0 fully saturated rings. The first-order chi connectivity index (χ1) is 7.58. The molecule has 1 aromatic carbocycles. The minimum Gasteiger partial charge on any atom is -0.497 e. The molecule has 88 valence electrons. The molecular formula is C12H15BrO3. The van der Waals surface area contributed by atoms with Crippen LogP contribution in [0.1, 0.15) is 18.9 Å². The summed E-state index contributed by atoms with van der Waals surface area (Å²) in [5.41, 5.74) is 0.999. The Morgan fingerprint density at radius 1 is 1.31 bits per heavy atom. The van der Waals surface area contributed by atoms with E-state index in [0.717, 1.165) is 21.5 Å². The molecular weight excluding hydrogens is 272 g/mol. The summed E-state index contributed by atoms with van der Waals surface area (Å²) >= 11 is 3.46. The fourth-order valence-electron chi connectivity index (χ4n) is 1.43. The van der Waals surface area contributed by atoms with Crippen LogP contribution in [0.25, 0.3) is 0 Å². The monoisotopic (exact) mass is 286 g/mol. The fraction of sp³-hybridized carbons (Fsp3) is 0.417. The van der Waals surface area contributed by atoms with Gasteiger partial charge in [-0.2, -0.15) is 0 Å². The Balaban J connectivity index is 3.01. The molecule has 0 aliphatic heterocycles. The molecule has 16 heavy (non-hydrogen) atoms. The molecule has 0 spiro atoms. The molecule has 0 aromatic heterocycles. The molecule has 0 saturated heterocycles. The van der Waals surface area contributed by atoms with Crippen LogP contribution in [0.5, 0.6) is 11.5 Å². The van der Waals surface area contributed by atoms with Gasteiger partial charge in [-0.05, 0) is 19.4 Å². The van der Waals surface area contributed by atoms with Gasteiger partial charge in [0.05, 0.1) is 14.2 Å². The van der Waals surface area contributed by atoms with E-state index in [-0.39, 0.29) is 5.78 Å². The van der Waals surface area contributed by atoms with Gasteiger partial charge < -0.3 is 14.3 Å². The van der Waals surface area contributed by atoms with Crippen LogP contribution in [0.3, 0.4) is 0 Å². The van der Waals surface area contributed by atoms with E-state index in [1.165, 1.54) is 0 Å². The Kier molecular flexibility index (Phi) is 4.80. The zero-order valence-electron chi connectivity index (χ0n) is 9.67. The largest absolute Gasteiger partial charge is 0.497 e. The number of carbonyl (C=O) groups is 1. The number of carbonyl (C=O) groups excluding carboxylic acids is 1. The maximum absolute atomic E-state index is 11.0. The van der Waals surface area contributed by atoms with Gasteiger partial charge in [0.1, 0.15) is 17.3 Å². The molecule has 1 rings (SSSR count). The fourth-order valence-corrected chi connectivity index (χ4v) is 2.05. The minimum absolute atomic E-state index is 0.171. The number of methoxy groups -OCH3 is 2. The first-order valence-corrected chi connectivity index (χ1v) is 5.77. The summed E-state index contributed by atoms with van der Waals surface area (Å²) in [7, 11) is 3.22. The zero-order valence-corrected chi connectivity index (χ0v) is 11.3. The lowest BCUT2D eigenvalue weighted by Crippen LogP contribution is -1.99. The van der Waals surface area contributed by atoms with Crippen LogP contribution in [0.15, 0.2) is 16.6 Å². The molecule has 4 heteroatoms. The number of ketones is 1. The Hall–Kier alpha value is -1.03. The van der Waals surface area contributed by atoms with Crippen molar-refractivity contribution in [2.45, 2.75) is 19.8 Å². The Bertz CT molecular complexity index is 388. The molecule has 0 radical (unpaired) electrons. The molecule has 0 N–H and O–H groups in total. The second-order valence-corrected chi connectivity index (χ2v) is 4.35. The highest BCUT2D eigenvalue weighted by Crippen LogP contribution is 2.33. The normalized spacial score (nSPS) is 10.0. The van der Waals surface area contributed by atoms with Crippen LogP contribution in [-0.2, 0) is 11.2 Å². The summed E-state index contributed by atoms with van der Waals surface area (Å²) in [6.07, 6.45) is 1.18. The van der Waals surface area contributed by atoms with Crippen LogP contribution in [0.2, 0.25) is 0 Å². The van der Waals surface area contributed by atoms with Crippen molar-refractivity contribution in [3.63, 3.8) is 0 Å². The van der Waals surface area contributed by atoms with E-state index in [1.54, 1.807) is 21.1 Å². The Morgan fingerprint density at radius 2 is 2.00 bits per heavy atom. The summed E-state index contributed by atoms with van der Waals surface area (Å²) in [6.45, 7) is 1.59. The summed E-state index contributed by atoms with van der Waals surface area (Å²) < 4.78 is 11.3. The number of rotatable bonds is 5. The zero-order chi connectivity index (χ0) is 12.1. The number of benzene rings is 1. The summed E-state index contributed by atoms with van der Waals surface area (Å²) in [4.78, 5) is 11.0. The molecule has 3 nitrogen and oxygen atoms in total. The van der Waals surface area contributed by atoms with Gasteiger partial charge in [0.25, 0.3) is 0 Å². The average molecular weight is 287 g/mol. The number of hydrogen-bond acceptors (Lipinski definition) is 3. The highest BCUT2D eigenvalue weighted by atomic mass is 79.9. The van der Waals surface area contributed by atoms with Crippen molar-refractivity contribution in [3.05, 3.63) is 22.2 Å². The molecule has 1 aromatic rings. The van der Waals surface area contributed by atoms with Crippen molar-refractivity contribution < 1.29 is 14.3 Å². The smallest absolute Gasteiger partial charge is 0.130 e. The lowest BCUT2D eigenvalue weighted by molar-refractivity contribution is -0.116. The lowest BCUT2D eigenvalue weighted by atomic mass is 10.1. The summed E-state index contributed by atoms with van der Waals surface area (Å²) in [5, 5.41) is 0. The molecule has 0 bridgehead atoms. The van der Waals surface area contributed by atoms with Crippen LogP contribution in [0.4, 0.5) is 0 Å². The van der Waals surface area contributed by atoms with Gasteiger partial charge in [-0.25, -0.2) is 0 Å². The number of hydrogen-bond donors (Lipinski definition) is 0. The van der Waals surface area contributed by atoms with Gasteiger partial charge in [0, 0.05) is 22.5 Å². The number of halogens is 1. The molecule has 0 saturated carbocycles. The third-order valence-electron chi connectivity index (χ3n) is 2.31. The second-order valence-electron chi connectivity index (χ2n) is 3.49.